The third kappa shape index (κ3) is 1.40. The van der Waals surface area contributed by atoms with Gasteiger partial charge in [-0.1, -0.05) is 23.3 Å². The van der Waals surface area contributed by atoms with Crippen LogP contribution in [0.15, 0.2) is 23.3 Å². The van der Waals surface area contributed by atoms with E-state index in [0.29, 0.717) is 0 Å². The summed E-state index contributed by atoms with van der Waals surface area (Å²) < 4.78 is 0. The molecule has 0 fully saturated rings. The molecular formula is C11H16. The summed E-state index contributed by atoms with van der Waals surface area (Å²) in [7, 11) is 0. The van der Waals surface area contributed by atoms with Crippen molar-refractivity contribution in [3.8, 4) is 0 Å². The lowest BCUT2D eigenvalue weighted by molar-refractivity contribution is 0.492. The standard InChI is InChI=1S/C11H16/c1-9-6-7-10-4-2-3-5-11(10)8-9/h5-6,10H,2-4,7-8H2,1H3. The molecule has 0 saturated heterocycles. The molecule has 0 bridgehead atoms. The maximum absolute atomic E-state index is 2.48. The summed E-state index contributed by atoms with van der Waals surface area (Å²) in [4.78, 5) is 0. The van der Waals surface area contributed by atoms with E-state index in [1.807, 2.05) is 0 Å². The minimum atomic E-state index is 0.924. The zero-order valence-corrected chi connectivity index (χ0v) is 7.27. The second-order valence-corrected chi connectivity index (χ2v) is 3.87. The third-order valence-corrected chi connectivity index (χ3v) is 2.92. The van der Waals surface area contributed by atoms with E-state index in [4.69, 9.17) is 0 Å². The van der Waals surface area contributed by atoms with Crippen molar-refractivity contribution in [3.63, 3.8) is 0 Å². The van der Waals surface area contributed by atoms with Gasteiger partial charge in [0.2, 0.25) is 0 Å². The van der Waals surface area contributed by atoms with Crippen LogP contribution in [0.25, 0.3) is 0 Å². The van der Waals surface area contributed by atoms with E-state index in [-0.39, 0.29) is 0 Å². The Balaban J connectivity index is 2.18. The normalized spacial score (nSPS) is 30.5. The van der Waals surface area contributed by atoms with Crippen LogP contribution in [0, 0.1) is 5.92 Å². The second kappa shape index (κ2) is 2.84. The SMILES string of the molecule is CC1=CCC2CCCC=C2C1. The Labute approximate surface area is 69.0 Å². The fraction of sp³-hybridized carbons (Fsp3) is 0.636. The van der Waals surface area contributed by atoms with E-state index in [2.05, 4.69) is 19.1 Å². The highest BCUT2D eigenvalue weighted by atomic mass is 14.2. The molecule has 0 radical (unpaired) electrons. The Morgan fingerprint density at radius 1 is 1.36 bits per heavy atom. The molecule has 0 heterocycles. The van der Waals surface area contributed by atoms with Gasteiger partial charge in [0, 0.05) is 0 Å². The largest absolute Gasteiger partial charge is 0.0847 e. The predicted octanol–water partition coefficient (Wildman–Crippen LogP) is 3.45. The van der Waals surface area contributed by atoms with Crippen LogP contribution in [0.3, 0.4) is 0 Å². The van der Waals surface area contributed by atoms with Crippen LogP contribution in [0.2, 0.25) is 0 Å². The van der Waals surface area contributed by atoms with E-state index in [1.54, 1.807) is 11.1 Å². The third-order valence-electron chi connectivity index (χ3n) is 2.92. The molecule has 0 aliphatic heterocycles. The molecule has 0 aromatic heterocycles. The Bertz CT molecular complexity index is 208. The number of allylic oxidation sites excluding steroid dienone is 4. The van der Waals surface area contributed by atoms with Gasteiger partial charge in [-0.25, -0.2) is 0 Å². The van der Waals surface area contributed by atoms with E-state index in [9.17, 15) is 0 Å². The Kier molecular flexibility index (Phi) is 1.85. The van der Waals surface area contributed by atoms with Crippen LogP contribution in [0.1, 0.15) is 39.0 Å². The molecule has 0 aromatic rings. The van der Waals surface area contributed by atoms with Gasteiger partial charge in [-0.2, -0.15) is 0 Å². The first-order chi connectivity index (χ1) is 5.36. The first-order valence-corrected chi connectivity index (χ1v) is 4.71. The average Bonchev–Trinajstić information content (AvgIpc) is 2.04. The Morgan fingerprint density at radius 2 is 2.27 bits per heavy atom. The minimum absolute atomic E-state index is 0.924. The quantitative estimate of drug-likeness (QED) is 0.461. The molecule has 0 nitrogen and oxygen atoms in total. The maximum Gasteiger partial charge on any atom is -0.0108 e. The fourth-order valence-corrected chi connectivity index (χ4v) is 2.23. The highest BCUT2D eigenvalue weighted by Gasteiger charge is 2.19. The molecule has 2 aliphatic rings. The zero-order chi connectivity index (χ0) is 7.68. The molecule has 1 unspecified atom stereocenters. The monoisotopic (exact) mass is 148 g/mol. The van der Waals surface area contributed by atoms with Gasteiger partial charge in [-0.05, 0) is 44.9 Å². The van der Waals surface area contributed by atoms with Gasteiger partial charge < -0.3 is 0 Å². The summed E-state index contributed by atoms with van der Waals surface area (Å²) in [5.74, 6) is 0.924. The maximum atomic E-state index is 2.48. The molecule has 0 spiro atoms. The first kappa shape index (κ1) is 7.15. The van der Waals surface area contributed by atoms with Gasteiger partial charge in [-0.15, -0.1) is 0 Å². The van der Waals surface area contributed by atoms with Crippen LogP contribution in [-0.2, 0) is 0 Å². The molecule has 0 amide bonds. The number of rotatable bonds is 0. The van der Waals surface area contributed by atoms with Gasteiger partial charge in [0.05, 0.1) is 0 Å². The van der Waals surface area contributed by atoms with Crippen LogP contribution in [0.5, 0.6) is 0 Å². The predicted molar refractivity (Wildman–Crippen MR) is 48.4 cm³/mol. The van der Waals surface area contributed by atoms with E-state index in [1.165, 1.54) is 32.1 Å². The summed E-state index contributed by atoms with van der Waals surface area (Å²) in [6.07, 6.45) is 11.7. The molecule has 11 heavy (non-hydrogen) atoms. The number of hydrogen-bond acceptors (Lipinski definition) is 0. The van der Waals surface area contributed by atoms with Crippen LogP contribution in [-0.4, -0.2) is 0 Å². The van der Waals surface area contributed by atoms with Gasteiger partial charge in [-0.3, -0.25) is 0 Å². The van der Waals surface area contributed by atoms with Gasteiger partial charge in [0.15, 0.2) is 0 Å². The van der Waals surface area contributed by atoms with E-state index in [0.717, 1.165) is 5.92 Å². The number of fused-ring (bicyclic) bond motifs is 1. The summed E-state index contributed by atoms with van der Waals surface area (Å²) in [6, 6.07) is 0. The summed E-state index contributed by atoms with van der Waals surface area (Å²) in [5.41, 5.74) is 3.31. The van der Waals surface area contributed by atoms with Crippen molar-refractivity contribution in [2.24, 2.45) is 5.92 Å². The fourth-order valence-electron chi connectivity index (χ4n) is 2.23. The minimum Gasteiger partial charge on any atom is -0.0847 e. The van der Waals surface area contributed by atoms with Crippen molar-refractivity contribution in [2.75, 3.05) is 0 Å². The van der Waals surface area contributed by atoms with Crippen molar-refractivity contribution < 1.29 is 0 Å². The Hall–Kier alpha value is -0.520. The summed E-state index contributed by atoms with van der Waals surface area (Å²) >= 11 is 0. The highest BCUT2D eigenvalue weighted by Crippen LogP contribution is 2.35. The second-order valence-electron chi connectivity index (χ2n) is 3.87. The molecule has 0 aromatic carbocycles. The van der Waals surface area contributed by atoms with Crippen molar-refractivity contribution in [3.05, 3.63) is 23.3 Å². The lowest BCUT2D eigenvalue weighted by atomic mass is 9.78. The molecular weight excluding hydrogens is 132 g/mol. The topological polar surface area (TPSA) is 0 Å². The average molecular weight is 148 g/mol. The van der Waals surface area contributed by atoms with Crippen molar-refractivity contribution in [1.82, 2.24) is 0 Å². The molecule has 1 atom stereocenters. The van der Waals surface area contributed by atoms with Crippen molar-refractivity contribution in [2.45, 2.75) is 39.0 Å². The molecule has 0 heteroatoms. The summed E-state index contributed by atoms with van der Waals surface area (Å²) in [6.45, 7) is 2.26. The molecule has 60 valence electrons. The lowest BCUT2D eigenvalue weighted by Crippen LogP contribution is -2.11. The molecule has 0 N–H and O–H groups in total. The van der Waals surface area contributed by atoms with Crippen LogP contribution < -0.4 is 0 Å². The molecule has 0 saturated carbocycles. The van der Waals surface area contributed by atoms with E-state index < -0.39 is 0 Å². The zero-order valence-electron chi connectivity index (χ0n) is 7.27. The molecule has 2 aliphatic carbocycles. The van der Waals surface area contributed by atoms with Gasteiger partial charge in [0.1, 0.15) is 0 Å². The molecule has 2 rings (SSSR count). The number of hydrogen-bond donors (Lipinski definition) is 0. The summed E-state index contributed by atoms with van der Waals surface area (Å²) in [5, 5.41) is 0. The first-order valence-electron chi connectivity index (χ1n) is 4.71. The highest BCUT2D eigenvalue weighted by molar-refractivity contribution is 5.23. The lowest BCUT2D eigenvalue weighted by Gasteiger charge is -2.27. The smallest absolute Gasteiger partial charge is 0.0108 e. The van der Waals surface area contributed by atoms with Gasteiger partial charge in [0.25, 0.3) is 0 Å². The van der Waals surface area contributed by atoms with Crippen molar-refractivity contribution >= 4 is 0 Å². The van der Waals surface area contributed by atoms with Crippen LogP contribution >= 0.6 is 0 Å². The van der Waals surface area contributed by atoms with Crippen molar-refractivity contribution in [1.29, 1.82) is 0 Å². The van der Waals surface area contributed by atoms with Gasteiger partial charge >= 0.3 is 0 Å². The van der Waals surface area contributed by atoms with E-state index >= 15 is 0 Å². The Morgan fingerprint density at radius 3 is 3.18 bits per heavy atom. The van der Waals surface area contributed by atoms with Crippen LogP contribution in [0.4, 0.5) is 0 Å².